The van der Waals surface area contributed by atoms with Crippen LogP contribution in [0.4, 0.5) is 9.59 Å². The molecule has 23 heteroatoms. The molecule has 4 bridgehead atoms. The predicted molar refractivity (Wildman–Crippen MR) is 354 cm³/mol. The molecule has 510 valence electrons. The van der Waals surface area contributed by atoms with Gasteiger partial charge in [0.2, 0.25) is 23.1 Å². The highest BCUT2D eigenvalue weighted by Gasteiger charge is 2.36. The minimum absolute atomic E-state index is 0.0801. The largest absolute Gasteiger partial charge is 0.492 e. The Labute approximate surface area is 550 Å². The number of amides is 4. The minimum atomic E-state index is -1.00. The number of hydrogen-bond acceptors (Lipinski definition) is 19. The van der Waals surface area contributed by atoms with Crippen LogP contribution in [0.15, 0.2) is 178 Å². The molecule has 2 aliphatic heterocycles. The second-order valence-electron chi connectivity index (χ2n) is 23.5. The zero-order valence-corrected chi connectivity index (χ0v) is 56.0. The molecule has 0 fully saturated rings. The van der Waals surface area contributed by atoms with Gasteiger partial charge >= 0.3 is 12.2 Å². The first-order chi connectivity index (χ1) is 44.6. The van der Waals surface area contributed by atoms with Gasteiger partial charge in [-0.1, -0.05) is 137 Å². The van der Waals surface area contributed by atoms with E-state index in [-0.39, 0.29) is 69.8 Å². The lowest BCUT2D eigenvalue weighted by Crippen LogP contribution is -2.37. The molecule has 0 spiro atoms. The van der Waals surface area contributed by atoms with Crippen LogP contribution in [0.25, 0.3) is 0 Å². The summed E-state index contributed by atoms with van der Waals surface area (Å²) in [5, 5.41) is 30.7. The fraction of sp³-hybridized carbons (Fsp3) is 0.437. The van der Waals surface area contributed by atoms with Crippen LogP contribution in [0.1, 0.15) is 92.2 Å². The maximum atomic E-state index is 13.8. The van der Waals surface area contributed by atoms with E-state index in [4.69, 9.17) is 50.4 Å². The number of benzene rings is 2. The average molecular weight is 1300 g/mol. The zero-order chi connectivity index (χ0) is 69.9. The summed E-state index contributed by atoms with van der Waals surface area (Å²) in [5.41, 5.74) is 20.1. The van der Waals surface area contributed by atoms with Gasteiger partial charge < -0.3 is 76.5 Å². The third kappa shape index (κ3) is 23.1. The first-order valence-corrected chi connectivity index (χ1v) is 30.9. The number of ketones is 4. The Balaban J connectivity index is 0.000000359. The van der Waals surface area contributed by atoms with Crippen molar-refractivity contribution in [2.24, 2.45) is 40.9 Å². The second-order valence-corrected chi connectivity index (χ2v) is 23.5. The number of carbonyl (C=O) groups excluding carboxylic acids is 8. The van der Waals surface area contributed by atoms with Crippen LogP contribution in [0, 0.1) is 23.7 Å². The normalized spacial score (nSPS) is 29.3. The molecular weight excluding hydrogens is 1210 g/mol. The van der Waals surface area contributed by atoms with E-state index in [2.05, 4.69) is 16.0 Å². The Morgan fingerprint density at radius 1 is 0.574 bits per heavy atom. The van der Waals surface area contributed by atoms with E-state index in [1.807, 2.05) is 81.4 Å². The van der Waals surface area contributed by atoms with Gasteiger partial charge in [0.05, 0.1) is 48.6 Å². The van der Waals surface area contributed by atoms with Crippen LogP contribution >= 0.6 is 0 Å². The molecule has 2 heterocycles. The summed E-state index contributed by atoms with van der Waals surface area (Å²) in [7, 11) is 7.15. The molecule has 23 nitrogen and oxygen atoms in total. The van der Waals surface area contributed by atoms with Crippen molar-refractivity contribution in [1.29, 1.82) is 0 Å². The predicted octanol–water partition coefficient (Wildman–Crippen LogP) is 7.11. The van der Waals surface area contributed by atoms with Gasteiger partial charge in [-0.25, -0.2) is 9.59 Å². The number of methoxy groups -OCH3 is 5. The van der Waals surface area contributed by atoms with Gasteiger partial charge in [0.25, 0.3) is 11.8 Å². The van der Waals surface area contributed by atoms with Crippen molar-refractivity contribution in [2.45, 2.75) is 143 Å². The van der Waals surface area contributed by atoms with Crippen LogP contribution in [-0.2, 0) is 75.0 Å². The third-order valence-corrected chi connectivity index (χ3v) is 16.1. The maximum absolute atomic E-state index is 13.8. The Bertz CT molecular complexity index is 3320. The SMILES string of the molecule is COC1=C2C[C@@H](C)C[C@H](OC)[C@H](O)[C@@H](C)/C=C(\C)[C@H](OC(N)=O)[C@@H](OC)/C=C\C=C(/C)C(=O)NC(=CC1=O)C2=O.CO[C@H]1/C=C\C=C(/C)C(=O)NC2=CC(=O)C(NCc3ccccc3)=C(C[C@@H](C)C[C@H](OC)[C@H](O)[C@@H](C)/C=C(\C)[C@@H]1OC(N)=O)C2=O.NCc1ccccc1. The van der Waals surface area contributed by atoms with Crippen molar-refractivity contribution in [1.82, 2.24) is 16.0 Å². The first-order valence-electron chi connectivity index (χ1n) is 30.9. The molecule has 4 aliphatic rings. The first kappa shape index (κ1) is 77.8. The number of carbonyl (C=O) groups is 8. The van der Waals surface area contributed by atoms with Gasteiger partial charge in [-0.2, -0.15) is 0 Å². The van der Waals surface area contributed by atoms with Crippen molar-refractivity contribution < 1.29 is 81.7 Å². The molecule has 2 aromatic carbocycles. The van der Waals surface area contributed by atoms with Crippen molar-refractivity contribution in [2.75, 3.05) is 35.5 Å². The minimum Gasteiger partial charge on any atom is -0.492 e. The molecule has 12 atom stereocenters. The van der Waals surface area contributed by atoms with Gasteiger partial charge in [0.15, 0.2) is 18.0 Å². The lowest BCUT2D eigenvalue weighted by atomic mass is 9.85. The molecular formula is C71H94N6O17. The van der Waals surface area contributed by atoms with Gasteiger partial charge in [-0.15, -0.1) is 0 Å². The standard InChI is InChI=1S/C35H45N3O8.C29H40N2O9.C7H9N/c1-20-15-25-30(37-19-24-12-8-7-9-13-24)27(39)18-26(32(25)41)38-34(42)21(2)11-10-14-28(44-5)33(46-35(36)43)23(4)17-22(3)31(40)29(16-20)45-6;1-15-11-19-25(34)20(14-21(32)27(19)39-7)31-28(35)16(2)9-8-10-22(37-5)26(40-29(30)36)18(4)13-17(3)24(33)23(12-15)38-6;8-6-7-4-2-1-3-5-7/h7-14,17-18,20,22,28-29,31,33,37,40H,15-16,19H2,1-6H3,(H2,36,43)(H,38,42);8-10,13-15,17,22-24,26,33H,11-12H2,1-7H3,(H2,30,36)(H,31,35);1-5H,6,8H2/b14-10-,21-11+,23-17+;10-8-,16-9+,18-13+;/t20-,22+,28+,29+,31-,33+;15-,17+,22+,23+,24-,26+;/m11./s1. The fourth-order valence-corrected chi connectivity index (χ4v) is 11.0. The number of aliphatic hydroxyl groups excluding tert-OH is 2. The molecule has 0 saturated carbocycles. The number of rotatable bonds is 11. The van der Waals surface area contributed by atoms with E-state index in [1.54, 1.807) is 64.2 Å². The van der Waals surface area contributed by atoms with E-state index in [1.165, 1.54) is 60.2 Å². The van der Waals surface area contributed by atoms with Gasteiger partial charge in [0, 0.05) is 87.8 Å². The van der Waals surface area contributed by atoms with Crippen molar-refractivity contribution in [3.8, 4) is 0 Å². The van der Waals surface area contributed by atoms with Crippen LogP contribution < -0.4 is 33.2 Å². The van der Waals surface area contributed by atoms with E-state index in [9.17, 15) is 48.6 Å². The molecule has 0 unspecified atom stereocenters. The van der Waals surface area contributed by atoms with Crippen molar-refractivity contribution in [3.63, 3.8) is 0 Å². The van der Waals surface area contributed by atoms with E-state index < -0.39 is 108 Å². The Hall–Kier alpha value is -8.68. The number of aliphatic hydroxyl groups is 2. The molecule has 0 aromatic heterocycles. The third-order valence-electron chi connectivity index (χ3n) is 16.1. The molecule has 6 rings (SSSR count). The number of allylic oxidation sites excluding steroid dienone is 8. The van der Waals surface area contributed by atoms with Crippen molar-refractivity contribution in [3.05, 3.63) is 189 Å². The summed E-state index contributed by atoms with van der Waals surface area (Å²) >= 11 is 0. The summed E-state index contributed by atoms with van der Waals surface area (Å²) < 4.78 is 38.4. The van der Waals surface area contributed by atoms with Crippen LogP contribution in [0.2, 0.25) is 0 Å². The number of ether oxygens (including phenoxy) is 7. The molecule has 0 saturated heterocycles. The molecule has 4 amide bonds. The molecule has 2 aromatic rings. The lowest BCUT2D eigenvalue weighted by molar-refractivity contribution is -0.121. The summed E-state index contributed by atoms with van der Waals surface area (Å²) in [6.07, 6.45) is 7.41. The van der Waals surface area contributed by atoms with Gasteiger partial charge in [-0.3, -0.25) is 28.8 Å². The molecule has 2 aliphatic carbocycles. The lowest BCUT2D eigenvalue weighted by Gasteiger charge is -2.30. The van der Waals surface area contributed by atoms with E-state index in [0.29, 0.717) is 37.1 Å². The molecule has 94 heavy (non-hydrogen) atoms. The topological polar surface area (TPSA) is 356 Å². The monoisotopic (exact) mass is 1300 g/mol. The highest BCUT2D eigenvalue weighted by Crippen LogP contribution is 2.32. The quantitative estimate of drug-likeness (QED) is 0.0820. The summed E-state index contributed by atoms with van der Waals surface area (Å²) in [4.78, 5) is 103. The average Bonchev–Trinajstić information content (AvgIpc) is 0.854. The number of Topliss-reactive ketones (excluding diaryl/α,β-unsaturated/α-hetero) is 2. The summed E-state index contributed by atoms with van der Waals surface area (Å²) in [6.45, 7) is 14.9. The van der Waals surface area contributed by atoms with Gasteiger partial charge in [-0.05, 0) is 87.5 Å². The van der Waals surface area contributed by atoms with Crippen LogP contribution in [0.3, 0.4) is 0 Å². The zero-order valence-electron chi connectivity index (χ0n) is 56.0. The number of nitrogens with two attached hydrogens (primary N) is 3. The van der Waals surface area contributed by atoms with E-state index >= 15 is 0 Å². The fourth-order valence-electron chi connectivity index (χ4n) is 11.0. The summed E-state index contributed by atoms with van der Waals surface area (Å²) in [6, 6.07) is 19.5. The number of hydrogen-bond donors (Lipinski definition) is 8. The Morgan fingerprint density at radius 2 is 0.979 bits per heavy atom. The van der Waals surface area contributed by atoms with Crippen molar-refractivity contribution >= 4 is 47.1 Å². The van der Waals surface area contributed by atoms with Crippen LogP contribution in [-0.4, -0.2) is 142 Å². The van der Waals surface area contributed by atoms with Gasteiger partial charge in [0.1, 0.15) is 12.2 Å². The highest BCUT2D eigenvalue weighted by atomic mass is 16.6. The second kappa shape index (κ2) is 38.5. The number of primary amides is 2. The number of fused-ring (bicyclic) bond motifs is 4. The summed E-state index contributed by atoms with van der Waals surface area (Å²) in [5.74, 6) is -4.52. The molecule has 11 N–H and O–H groups in total. The molecule has 0 radical (unpaired) electrons. The number of nitrogens with one attached hydrogen (secondary N) is 3. The highest BCUT2D eigenvalue weighted by molar-refractivity contribution is 6.24. The van der Waals surface area contributed by atoms with Crippen LogP contribution in [0.5, 0.6) is 0 Å². The van der Waals surface area contributed by atoms with E-state index in [0.717, 1.165) is 17.7 Å². The Kier molecular flexibility index (Phi) is 31.8. The Morgan fingerprint density at radius 3 is 1.36 bits per heavy atom. The maximum Gasteiger partial charge on any atom is 0.405 e. The smallest absolute Gasteiger partial charge is 0.405 e.